The maximum Gasteiger partial charge on any atom is 0.206 e. The lowest BCUT2D eigenvalue weighted by atomic mass is 9.88. The van der Waals surface area contributed by atoms with Crippen LogP contribution in [0.4, 0.5) is 0 Å². The van der Waals surface area contributed by atoms with Crippen molar-refractivity contribution in [3.8, 4) is 0 Å². The van der Waals surface area contributed by atoms with Crippen LogP contribution in [0, 0.1) is 5.92 Å². The Morgan fingerprint density at radius 1 is 1.50 bits per heavy atom. The van der Waals surface area contributed by atoms with Crippen LogP contribution in [0.5, 0.6) is 0 Å². The molecule has 0 aromatic heterocycles. The predicted molar refractivity (Wildman–Crippen MR) is 72.5 cm³/mol. The van der Waals surface area contributed by atoms with Crippen LogP contribution < -0.4 is 5.32 Å². The topological polar surface area (TPSA) is 36.9 Å². The summed E-state index contributed by atoms with van der Waals surface area (Å²) in [4.78, 5) is 8.08. The second kappa shape index (κ2) is 5.41. The van der Waals surface area contributed by atoms with Crippen LogP contribution in [0.15, 0.2) is 16.8 Å². The van der Waals surface area contributed by atoms with Gasteiger partial charge in [0.1, 0.15) is 0 Å². The SMILES string of the molecule is CCN1CCC[C@H](C2=NO[C@H]3NCCCC=C23)C1. The van der Waals surface area contributed by atoms with Crippen molar-refractivity contribution in [2.24, 2.45) is 11.1 Å². The molecule has 0 radical (unpaired) electrons. The van der Waals surface area contributed by atoms with E-state index in [4.69, 9.17) is 4.84 Å². The molecule has 0 bridgehead atoms. The van der Waals surface area contributed by atoms with Crippen molar-refractivity contribution in [3.63, 3.8) is 0 Å². The molecule has 0 unspecified atom stereocenters. The number of hydrogen-bond donors (Lipinski definition) is 1. The molecule has 18 heavy (non-hydrogen) atoms. The van der Waals surface area contributed by atoms with E-state index in [1.165, 1.54) is 37.1 Å². The Labute approximate surface area is 109 Å². The highest BCUT2D eigenvalue weighted by atomic mass is 16.7. The van der Waals surface area contributed by atoms with Crippen molar-refractivity contribution in [3.05, 3.63) is 11.6 Å². The average Bonchev–Trinajstić information content (AvgIpc) is 2.68. The molecule has 0 amide bonds. The van der Waals surface area contributed by atoms with Gasteiger partial charge in [0.2, 0.25) is 6.23 Å². The summed E-state index contributed by atoms with van der Waals surface area (Å²) in [5.41, 5.74) is 2.53. The molecule has 1 N–H and O–H groups in total. The minimum atomic E-state index is 0.0273. The Morgan fingerprint density at radius 2 is 2.44 bits per heavy atom. The Balaban J connectivity index is 1.73. The van der Waals surface area contributed by atoms with Gasteiger partial charge in [0.25, 0.3) is 0 Å². The van der Waals surface area contributed by atoms with Crippen LogP contribution in [-0.4, -0.2) is 43.0 Å². The maximum atomic E-state index is 5.56. The second-order valence-electron chi connectivity index (χ2n) is 5.45. The quantitative estimate of drug-likeness (QED) is 0.810. The zero-order valence-corrected chi connectivity index (χ0v) is 11.2. The lowest BCUT2D eigenvalue weighted by Gasteiger charge is -2.31. The lowest BCUT2D eigenvalue weighted by Crippen LogP contribution is -2.40. The molecule has 0 saturated carbocycles. The third-order valence-electron chi connectivity index (χ3n) is 4.25. The van der Waals surface area contributed by atoms with Gasteiger partial charge < -0.3 is 9.74 Å². The van der Waals surface area contributed by atoms with Gasteiger partial charge in [-0.3, -0.25) is 5.32 Å². The number of likely N-dealkylation sites (tertiary alicyclic amines) is 1. The van der Waals surface area contributed by atoms with Gasteiger partial charge in [0.15, 0.2) is 0 Å². The number of allylic oxidation sites excluding steroid dienone is 1. The fourth-order valence-electron chi connectivity index (χ4n) is 3.18. The Hall–Kier alpha value is -0.870. The van der Waals surface area contributed by atoms with Crippen molar-refractivity contribution in [1.29, 1.82) is 0 Å². The summed E-state index contributed by atoms with van der Waals surface area (Å²) in [5, 5.41) is 7.79. The van der Waals surface area contributed by atoms with E-state index in [9.17, 15) is 0 Å². The maximum absolute atomic E-state index is 5.56. The molecular formula is C14H23N3O. The molecule has 4 heteroatoms. The van der Waals surface area contributed by atoms with Gasteiger partial charge in [0, 0.05) is 18.0 Å². The molecule has 0 aromatic carbocycles. The molecule has 1 fully saturated rings. The Bertz CT molecular complexity index is 364. The van der Waals surface area contributed by atoms with E-state index < -0.39 is 0 Å². The number of hydrogen-bond acceptors (Lipinski definition) is 4. The highest BCUT2D eigenvalue weighted by Crippen LogP contribution is 2.28. The molecule has 0 aromatic rings. The Morgan fingerprint density at radius 3 is 3.33 bits per heavy atom. The zero-order chi connectivity index (χ0) is 12.4. The van der Waals surface area contributed by atoms with Crippen molar-refractivity contribution in [2.45, 2.75) is 38.8 Å². The molecule has 4 nitrogen and oxygen atoms in total. The minimum absolute atomic E-state index is 0.0273. The van der Waals surface area contributed by atoms with E-state index in [0.717, 1.165) is 26.1 Å². The lowest BCUT2D eigenvalue weighted by molar-refractivity contribution is 0.0804. The largest absolute Gasteiger partial charge is 0.371 e. The summed E-state index contributed by atoms with van der Waals surface area (Å²) < 4.78 is 0. The van der Waals surface area contributed by atoms with Gasteiger partial charge in [0.05, 0.1) is 5.71 Å². The predicted octanol–water partition coefficient (Wildman–Crippen LogP) is 1.74. The smallest absolute Gasteiger partial charge is 0.206 e. The standard InChI is InChI=1S/C14H23N3O/c1-2-17-9-5-6-11(10-17)13-12-7-3-4-8-15-14(12)18-16-13/h7,11,14-15H,2-6,8-10H2,1H3/t11-,14+/m0/s1. The fraction of sp³-hybridized carbons (Fsp3) is 0.786. The van der Waals surface area contributed by atoms with E-state index in [0.29, 0.717) is 5.92 Å². The third kappa shape index (κ3) is 2.31. The molecule has 3 aliphatic heterocycles. The molecule has 0 aliphatic carbocycles. The number of rotatable bonds is 2. The highest BCUT2D eigenvalue weighted by molar-refractivity contribution is 6.03. The molecule has 3 aliphatic rings. The first kappa shape index (κ1) is 12.2. The normalized spacial score (nSPS) is 33.2. The summed E-state index contributed by atoms with van der Waals surface area (Å²) in [6.07, 6.45) is 7.24. The molecule has 100 valence electrons. The second-order valence-corrected chi connectivity index (χ2v) is 5.45. The van der Waals surface area contributed by atoms with Crippen LogP contribution in [0.25, 0.3) is 0 Å². The van der Waals surface area contributed by atoms with Gasteiger partial charge in [-0.05, 0) is 45.3 Å². The molecule has 2 atom stereocenters. The first-order valence-corrected chi connectivity index (χ1v) is 7.28. The number of nitrogens with one attached hydrogen (secondary N) is 1. The van der Waals surface area contributed by atoms with Crippen LogP contribution in [0.3, 0.4) is 0 Å². The van der Waals surface area contributed by atoms with Gasteiger partial charge in [-0.2, -0.15) is 0 Å². The van der Waals surface area contributed by atoms with Crippen molar-refractivity contribution < 1.29 is 4.84 Å². The van der Waals surface area contributed by atoms with Crippen molar-refractivity contribution >= 4 is 5.71 Å². The Kier molecular flexibility index (Phi) is 3.66. The van der Waals surface area contributed by atoms with Crippen molar-refractivity contribution in [2.75, 3.05) is 26.2 Å². The molecular weight excluding hydrogens is 226 g/mol. The van der Waals surface area contributed by atoms with E-state index in [2.05, 4.69) is 28.4 Å². The van der Waals surface area contributed by atoms with Crippen molar-refractivity contribution in [1.82, 2.24) is 10.2 Å². The van der Waals surface area contributed by atoms with Gasteiger partial charge in [-0.25, -0.2) is 0 Å². The van der Waals surface area contributed by atoms with Gasteiger partial charge in [-0.1, -0.05) is 18.2 Å². The van der Waals surface area contributed by atoms with Crippen LogP contribution >= 0.6 is 0 Å². The number of fused-ring (bicyclic) bond motifs is 1. The number of piperidine rings is 1. The summed E-state index contributed by atoms with van der Waals surface area (Å²) in [6.45, 7) is 6.79. The summed E-state index contributed by atoms with van der Waals surface area (Å²) in [6, 6.07) is 0. The molecule has 0 spiro atoms. The highest BCUT2D eigenvalue weighted by Gasteiger charge is 2.34. The third-order valence-corrected chi connectivity index (χ3v) is 4.25. The van der Waals surface area contributed by atoms with Crippen LogP contribution in [0.1, 0.15) is 32.6 Å². The summed E-state index contributed by atoms with van der Waals surface area (Å²) >= 11 is 0. The first-order valence-electron chi connectivity index (χ1n) is 7.28. The van der Waals surface area contributed by atoms with E-state index in [1.54, 1.807) is 0 Å². The molecule has 1 saturated heterocycles. The summed E-state index contributed by atoms with van der Waals surface area (Å²) in [7, 11) is 0. The zero-order valence-electron chi connectivity index (χ0n) is 11.2. The first-order chi connectivity index (χ1) is 8.88. The van der Waals surface area contributed by atoms with E-state index in [-0.39, 0.29) is 6.23 Å². The van der Waals surface area contributed by atoms with Gasteiger partial charge in [-0.15, -0.1) is 0 Å². The molecule has 3 heterocycles. The minimum Gasteiger partial charge on any atom is -0.371 e. The van der Waals surface area contributed by atoms with Crippen LogP contribution in [0.2, 0.25) is 0 Å². The monoisotopic (exact) mass is 249 g/mol. The number of oxime groups is 1. The van der Waals surface area contributed by atoms with E-state index in [1.807, 2.05) is 0 Å². The van der Waals surface area contributed by atoms with Gasteiger partial charge >= 0.3 is 0 Å². The number of nitrogens with zero attached hydrogens (tertiary/aromatic N) is 2. The average molecular weight is 249 g/mol. The summed E-state index contributed by atoms with van der Waals surface area (Å²) in [5.74, 6) is 0.565. The molecule has 3 rings (SSSR count). The van der Waals surface area contributed by atoms with E-state index >= 15 is 0 Å². The fourth-order valence-corrected chi connectivity index (χ4v) is 3.18. The van der Waals surface area contributed by atoms with Crippen LogP contribution in [-0.2, 0) is 4.84 Å².